The van der Waals surface area contributed by atoms with Crippen LogP contribution < -0.4 is 9.80 Å². The van der Waals surface area contributed by atoms with Crippen LogP contribution in [-0.2, 0) is 4.79 Å². The molecule has 29 heavy (non-hydrogen) atoms. The van der Waals surface area contributed by atoms with Crippen molar-refractivity contribution in [2.45, 2.75) is 45.7 Å². The molecule has 1 saturated carbocycles. The zero-order valence-corrected chi connectivity index (χ0v) is 17.3. The maximum Gasteiger partial charge on any atom is 0.249 e. The first-order valence-electron chi connectivity index (χ1n) is 10.1. The van der Waals surface area contributed by atoms with E-state index in [1.165, 1.54) is 5.56 Å². The van der Waals surface area contributed by atoms with Crippen molar-refractivity contribution in [3.63, 3.8) is 0 Å². The first-order valence-corrected chi connectivity index (χ1v) is 10.1. The van der Waals surface area contributed by atoms with Crippen LogP contribution in [0.15, 0.2) is 42.5 Å². The van der Waals surface area contributed by atoms with E-state index < -0.39 is 0 Å². The highest BCUT2D eigenvalue weighted by molar-refractivity contribution is 6.05. The fourth-order valence-electron chi connectivity index (χ4n) is 4.30. The Kier molecular flexibility index (Phi) is 3.98. The lowest BCUT2D eigenvalue weighted by Crippen LogP contribution is -2.51. The van der Waals surface area contributed by atoms with Crippen LogP contribution in [-0.4, -0.2) is 39.8 Å². The van der Waals surface area contributed by atoms with E-state index >= 15 is 0 Å². The second-order valence-corrected chi connectivity index (χ2v) is 8.16. The van der Waals surface area contributed by atoms with Gasteiger partial charge in [-0.15, -0.1) is 10.2 Å². The van der Waals surface area contributed by atoms with Gasteiger partial charge in [-0.25, -0.2) is 0 Å². The molecule has 6 nitrogen and oxygen atoms in total. The van der Waals surface area contributed by atoms with Crippen LogP contribution in [0.2, 0.25) is 0 Å². The summed E-state index contributed by atoms with van der Waals surface area (Å²) < 4.78 is 2.09. The largest absolute Gasteiger partial charge is 0.355 e. The first kappa shape index (κ1) is 17.9. The number of hydrogen-bond acceptors (Lipinski definition) is 4. The summed E-state index contributed by atoms with van der Waals surface area (Å²) in [6.07, 6.45) is 2.29. The van der Waals surface area contributed by atoms with Crippen molar-refractivity contribution < 1.29 is 4.79 Å². The number of aromatic nitrogens is 3. The number of aryl methyl sites for hydroxylation is 2. The third-order valence-electron chi connectivity index (χ3n) is 6.04. The summed E-state index contributed by atoms with van der Waals surface area (Å²) in [4.78, 5) is 16.8. The molecule has 0 saturated heterocycles. The summed E-state index contributed by atoms with van der Waals surface area (Å²) >= 11 is 0. The summed E-state index contributed by atoms with van der Waals surface area (Å²) in [7, 11) is 1.86. The summed E-state index contributed by atoms with van der Waals surface area (Å²) in [6.45, 7) is 6.06. The Balaban J connectivity index is 1.65. The molecule has 1 amide bonds. The quantitative estimate of drug-likeness (QED) is 0.684. The van der Waals surface area contributed by atoms with E-state index in [-0.39, 0.29) is 11.9 Å². The average Bonchev–Trinajstić information content (AvgIpc) is 3.48. The monoisotopic (exact) mass is 387 g/mol. The molecule has 1 atom stereocenters. The molecule has 0 bridgehead atoms. The number of anilines is 2. The van der Waals surface area contributed by atoms with Crippen molar-refractivity contribution in [1.82, 2.24) is 14.8 Å². The minimum atomic E-state index is -0.146. The smallest absolute Gasteiger partial charge is 0.249 e. The maximum atomic E-state index is 12.7. The van der Waals surface area contributed by atoms with Gasteiger partial charge < -0.3 is 9.80 Å². The lowest BCUT2D eigenvalue weighted by molar-refractivity contribution is -0.119. The molecule has 2 aliphatic rings. The van der Waals surface area contributed by atoms with Crippen LogP contribution >= 0.6 is 0 Å². The maximum absolute atomic E-state index is 12.7. The molecule has 0 N–H and O–H groups in total. The van der Waals surface area contributed by atoms with Gasteiger partial charge in [0.15, 0.2) is 5.82 Å². The Morgan fingerprint density at radius 2 is 1.69 bits per heavy atom. The van der Waals surface area contributed by atoms with Crippen LogP contribution in [0.5, 0.6) is 0 Å². The Bertz CT molecular complexity index is 1100. The number of benzene rings is 2. The molecular formula is C23H25N5O. The van der Waals surface area contributed by atoms with E-state index in [1.807, 2.05) is 33.0 Å². The average molecular weight is 387 g/mol. The van der Waals surface area contributed by atoms with Gasteiger partial charge >= 0.3 is 0 Å². The molecular weight excluding hydrogens is 362 g/mol. The lowest BCUT2D eigenvalue weighted by atomic mass is 10.0. The number of carbonyl (C=O) groups excluding carboxylic acids is 1. The van der Waals surface area contributed by atoms with Crippen LogP contribution in [0, 0.1) is 13.8 Å². The van der Waals surface area contributed by atoms with Gasteiger partial charge in [0.2, 0.25) is 5.91 Å². The SMILES string of the molecule is Cc1ccc(-n2c(C)nnc2-c2ccc3c(c2)N(C2CC2)[C@H](C)C(=O)N3C)cc1. The number of likely N-dealkylation sites (N-methyl/N-ethyl adjacent to an activating group) is 1. The van der Waals surface area contributed by atoms with Gasteiger partial charge in [0.1, 0.15) is 11.9 Å². The van der Waals surface area contributed by atoms with Gasteiger partial charge in [-0.2, -0.15) is 0 Å². The van der Waals surface area contributed by atoms with Crippen LogP contribution in [0.25, 0.3) is 17.1 Å². The van der Waals surface area contributed by atoms with Gasteiger partial charge in [-0.3, -0.25) is 9.36 Å². The molecule has 148 valence electrons. The Morgan fingerprint density at radius 3 is 2.38 bits per heavy atom. The van der Waals surface area contributed by atoms with Gasteiger partial charge in [0.25, 0.3) is 0 Å². The molecule has 1 aromatic heterocycles. The normalized spacial score (nSPS) is 18.9. The standard InChI is InChI=1S/C23H25N5O/c1-14-5-8-19(9-6-14)28-16(3)24-25-22(28)17-7-12-20-21(13-17)27(18-10-11-18)15(2)23(29)26(20)4/h5-9,12-13,15,18H,10-11H2,1-4H3/t15-/m1/s1. The van der Waals surface area contributed by atoms with Crippen LogP contribution in [0.1, 0.15) is 31.2 Å². The predicted octanol–water partition coefficient (Wildman–Crippen LogP) is 3.88. The Hall–Kier alpha value is -3.15. The zero-order valence-electron chi connectivity index (χ0n) is 17.3. The molecule has 1 aliphatic carbocycles. The van der Waals surface area contributed by atoms with Crippen molar-refractivity contribution in [2.75, 3.05) is 16.8 Å². The fourth-order valence-corrected chi connectivity index (χ4v) is 4.30. The van der Waals surface area contributed by atoms with E-state index in [0.717, 1.165) is 47.1 Å². The number of nitrogens with zero attached hydrogens (tertiary/aromatic N) is 5. The highest BCUT2D eigenvalue weighted by Gasteiger charge is 2.41. The van der Waals surface area contributed by atoms with Crippen LogP contribution in [0.3, 0.4) is 0 Å². The molecule has 6 heteroatoms. The summed E-state index contributed by atoms with van der Waals surface area (Å²) in [5.41, 5.74) is 5.34. The third kappa shape index (κ3) is 2.82. The third-order valence-corrected chi connectivity index (χ3v) is 6.04. The molecule has 5 rings (SSSR count). The van der Waals surface area contributed by atoms with Crippen molar-refractivity contribution in [3.05, 3.63) is 53.9 Å². The minimum Gasteiger partial charge on any atom is -0.355 e. The van der Waals surface area contributed by atoms with Crippen molar-refractivity contribution >= 4 is 17.3 Å². The number of fused-ring (bicyclic) bond motifs is 1. The van der Waals surface area contributed by atoms with Gasteiger partial charge in [-0.05, 0) is 63.9 Å². The summed E-state index contributed by atoms with van der Waals surface area (Å²) in [6, 6.07) is 14.9. The second kappa shape index (κ2) is 6.44. The van der Waals surface area contributed by atoms with Crippen molar-refractivity contribution in [2.24, 2.45) is 0 Å². The second-order valence-electron chi connectivity index (χ2n) is 8.16. The molecule has 3 aromatic rings. The van der Waals surface area contributed by atoms with E-state index in [4.69, 9.17) is 0 Å². The predicted molar refractivity (Wildman–Crippen MR) is 115 cm³/mol. The fraction of sp³-hybridized carbons (Fsp3) is 0.348. The lowest BCUT2D eigenvalue weighted by Gasteiger charge is -2.40. The first-order chi connectivity index (χ1) is 14.0. The van der Waals surface area contributed by atoms with E-state index in [1.54, 1.807) is 4.90 Å². The highest BCUT2D eigenvalue weighted by atomic mass is 16.2. The zero-order chi connectivity index (χ0) is 20.3. The molecule has 1 fully saturated rings. The molecule has 0 unspecified atom stereocenters. The Labute approximate surface area is 170 Å². The number of amides is 1. The van der Waals surface area contributed by atoms with Crippen molar-refractivity contribution in [3.8, 4) is 17.1 Å². The van der Waals surface area contributed by atoms with Gasteiger partial charge in [0, 0.05) is 24.3 Å². The van der Waals surface area contributed by atoms with E-state index in [9.17, 15) is 4.79 Å². The molecule has 0 radical (unpaired) electrons. The van der Waals surface area contributed by atoms with Crippen LogP contribution in [0.4, 0.5) is 11.4 Å². The summed E-state index contributed by atoms with van der Waals surface area (Å²) in [5.74, 6) is 1.81. The number of rotatable bonds is 3. The van der Waals surface area contributed by atoms with Crippen molar-refractivity contribution in [1.29, 1.82) is 0 Å². The molecule has 2 heterocycles. The van der Waals surface area contributed by atoms with Gasteiger partial charge in [-0.1, -0.05) is 17.7 Å². The molecule has 2 aromatic carbocycles. The van der Waals surface area contributed by atoms with Gasteiger partial charge in [0.05, 0.1) is 11.4 Å². The summed E-state index contributed by atoms with van der Waals surface area (Å²) in [5, 5.41) is 8.83. The topological polar surface area (TPSA) is 54.3 Å². The van der Waals surface area contributed by atoms with E-state index in [0.29, 0.717) is 6.04 Å². The number of hydrogen-bond donors (Lipinski definition) is 0. The molecule has 1 aliphatic heterocycles. The Morgan fingerprint density at radius 1 is 0.966 bits per heavy atom. The minimum absolute atomic E-state index is 0.146. The highest BCUT2D eigenvalue weighted by Crippen LogP contribution is 2.44. The van der Waals surface area contributed by atoms with E-state index in [2.05, 4.69) is 56.9 Å². The number of carbonyl (C=O) groups is 1. The molecule has 0 spiro atoms.